The van der Waals surface area contributed by atoms with Gasteiger partial charge in [0.15, 0.2) is 11.6 Å². The number of halogens is 1. The fourth-order valence-electron chi connectivity index (χ4n) is 5.53. The third-order valence-electron chi connectivity index (χ3n) is 7.34. The molecule has 43 heavy (non-hydrogen) atoms. The van der Waals surface area contributed by atoms with Crippen molar-refractivity contribution in [3.05, 3.63) is 28.7 Å². The zero-order valence-corrected chi connectivity index (χ0v) is 26.7. The Balaban J connectivity index is 1.55. The Morgan fingerprint density at radius 1 is 1.07 bits per heavy atom. The van der Waals surface area contributed by atoms with Gasteiger partial charge >= 0.3 is 12.2 Å². The lowest BCUT2D eigenvalue weighted by Gasteiger charge is -2.34. The summed E-state index contributed by atoms with van der Waals surface area (Å²) in [6.45, 7) is 12.1. The van der Waals surface area contributed by atoms with Crippen LogP contribution in [0, 0.1) is 12.7 Å². The number of ether oxygens (including phenoxy) is 2. The molecule has 0 aromatic carbocycles. The number of aromatic nitrogens is 3. The zero-order valence-electron chi connectivity index (χ0n) is 25.9. The number of fused-ring (bicyclic) bond motifs is 2. The van der Waals surface area contributed by atoms with Crippen LogP contribution in [-0.2, 0) is 23.1 Å². The van der Waals surface area contributed by atoms with Crippen LogP contribution in [0.2, 0.25) is 0 Å². The Morgan fingerprint density at radius 2 is 1.72 bits per heavy atom. The Kier molecular flexibility index (Phi) is 7.91. The van der Waals surface area contributed by atoms with E-state index in [0.717, 1.165) is 33.7 Å². The molecule has 0 spiro atoms. The number of pyridine rings is 1. The highest BCUT2D eigenvalue weighted by Gasteiger charge is 2.41. The summed E-state index contributed by atoms with van der Waals surface area (Å²) in [5.41, 5.74) is -0.290. The van der Waals surface area contributed by atoms with Gasteiger partial charge in [-0.1, -0.05) is 12.8 Å². The highest BCUT2D eigenvalue weighted by Crippen LogP contribution is 2.41. The molecule has 13 heteroatoms. The summed E-state index contributed by atoms with van der Waals surface area (Å²) in [6, 6.07) is 1.24. The SMILES string of the molecule is Cc1nn(C)c2sc(-c3nc(N[C@@H]4CCCC[C@@H]4NC(=O)OC(C)(C)C)c(F)c4c3C(=O)N(C(=O)OC(C)(C)C)C4)cc12. The lowest BCUT2D eigenvalue weighted by Crippen LogP contribution is -2.50. The normalized spacial score (nSPS) is 19.0. The number of amides is 3. The molecule has 1 aliphatic heterocycles. The van der Waals surface area contributed by atoms with E-state index in [1.54, 1.807) is 46.2 Å². The smallest absolute Gasteiger partial charge is 0.417 e. The van der Waals surface area contributed by atoms with Crippen molar-refractivity contribution in [3.63, 3.8) is 0 Å². The number of nitrogens with zero attached hydrogens (tertiary/aromatic N) is 4. The third-order valence-corrected chi connectivity index (χ3v) is 8.55. The summed E-state index contributed by atoms with van der Waals surface area (Å²) < 4.78 is 29.0. The Labute approximate surface area is 254 Å². The van der Waals surface area contributed by atoms with Crippen LogP contribution in [0.3, 0.4) is 0 Å². The third kappa shape index (κ3) is 6.31. The molecular formula is C30H39FN6O5S. The van der Waals surface area contributed by atoms with Crippen molar-refractivity contribution in [2.75, 3.05) is 5.32 Å². The molecule has 3 aromatic heterocycles. The molecule has 3 amide bonds. The van der Waals surface area contributed by atoms with Gasteiger partial charge in [-0.25, -0.2) is 23.9 Å². The molecule has 2 atom stereocenters. The van der Waals surface area contributed by atoms with Crippen LogP contribution in [0.5, 0.6) is 0 Å². The van der Waals surface area contributed by atoms with E-state index in [1.807, 2.05) is 20.0 Å². The van der Waals surface area contributed by atoms with Crippen LogP contribution >= 0.6 is 11.3 Å². The van der Waals surface area contributed by atoms with Crippen molar-refractivity contribution in [2.24, 2.45) is 7.05 Å². The van der Waals surface area contributed by atoms with Gasteiger partial charge in [-0.05, 0) is 67.4 Å². The molecule has 11 nitrogen and oxygen atoms in total. The highest BCUT2D eigenvalue weighted by atomic mass is 32.1. The van der Waals surface area contributed by atoms with E-state index < -0.39 is 35.1 Å². The maximum atomic E-state index is 16.3. The minimum absolute atomic E-state index is 0.0391. The maximum absolute atomic E-state index is 16.3. The van der Waals surface area contributed by atoms with E-state index >= 15 is 4.39 Å². The molecule has 5 rings (SSSR count). The molecule has 1 aliphatic carbocycles. The Bertz CT molecular complexity index is 1570. The summed E-state index contributed by atoms with van der Waals surface area (Å²) in [6.07, 6.45) is 1.76. The van der Waals surface area contributed by atoms with E-state index in [4.69, 9.17) is 9.47 Å². The number of hydrogen-bond donors (Lipinski definition) is 2. The van der Waals surface area contributed by atoms with Gasteiger partial charge in [0.25, 0.3) is 5.91 Å². The number of carbonyl (C=O) groups excluding carboxylic acids is 3. The number of hydrogen-bond acceptors (Lipinski definition) is 9. The standard InChI is InChI=1S/C30H39FN6O5S/c1-15-16-13-20(43-26(16)36(8)35-15)23-21-17(14-37(25(21)38)28(40)42-30(5,6)7)22(31)24(34-23)32-18-11-9-10-12-19(18)33-27(39)41-29(2,3)4/h13,18-19H,9-12,14H2,1-8H3,(H,32,34)(H,33,39)/t18-,19+/m1/s1. The van der Waals surface area contributed by atoms with Gasteiger partial charge in [0.1, 0.15) is 16.0 Å². The average Bonchev–Trinajstić information content (AvgIpc) is 3.54. The molecular weight excluding hydrogens is 575 g/mol. The number of alkyl carbamates (subject to hydrolysis) is 1. The van der Waals surface area contributed by atoms with Crippen LogP contribution < -0.4 is 10.6 Å². The predicted octanol–water partition coefficient (Wildman–Crippen LogP) is 6.28. The number of aryl methyl sites for hydroxylation is 2. The van der Waals surface area contributed by atoms with E-state index in [-0.39, 0.29) is 41.3 Å². The first-order valence-corrected chi connectivity index (χ1v) is 15.3. The molecule has 0 bridgehead atoms. The quantitative estimate of drug-likeness (QED) is 0.351. The first-order valence-electron chi connectivity index (χ1n) is 14.5. The number of carbonyl (C=O) groups is 3. The van der Waals surface area contributed by atoms with Gasteiger partial charge in [0.05, 0.1) is 34.4 Å². The monoisotopic (exact) mass is 614 g/mol. The van der Waals surface area contributed by atoms with Crippen molar-refractivity contribution < 1.29 is 28.2 Å². The second-order valence-corrected chi connectivity index (χ2v) is 14.2. The summed E-state index contributed by atoms with van der Waals surface area (Å²) >= 11 is 1.39. The van der Waals surface area contributed by atoms with Crippen LogP contribution in [-0.4, -0.2) is 61.0 Å². The predicted molar refractivity (Wildman–Crippen MR) is 162 cm³/mol. The lowest BCUT2D eigenvalue weighted by molar-refractivity contribution is 0.0247. The molecule has 2 N–H and O–H groups in total. The average molecular weight is 615 g/mol. The number of nitrogens with one attached hydrogen (secondary N) is 2. The Morgan fingerprint density at radius 3 is 2.35 bits per heavy atom. The van der Waals surface area contributed by atoms with Gasteiger partial charge in [0, 0.05) is 24.0 Å². The molecule has 232 valence electrons. The van der Waals surface area contributed by atoms with E-state index in [1.165, 1.54) is 11.3 Å². The molecule has 1 saturated carbocycles. The Hall–Kier alpha value is -3.74. The van der Waals surface area contributed by atoms with Crippen molar-refractivity contribution >= 4 is 45.5 Å². The van der Waals surface area contributed by atoms with Crippen molar-refractivity contribution in [1.82, 2.24) is 25.0 Å². The number of rotatable bonds is 4. The lowest BCUT2D eigenvalue weighted by atomic mass is 9.90. The molecule has 0 unspecified atom stereocenters. The van der Waals surface area contributed by atoms with Crippen molar-refractivity contribution in [2.45, 2.75) is 104 Å². The largest absolute Gasteiger partial charge is 0.444 e. The van der Waals surface area contributed by atoms with Crippen LogP contribution in [0.25, 0.3) is 20.8 Å². The van der Waals surface area contributed by atoms with E-state index in [0.29, 0.717) is 17.7 Å². The summed E-state index contributed by atoms with van der Waals surface area (Å²) in [7, 11) is 1.83. The molecule has 0 radical (unpaired) electrons. The van der Waals surface area contributed by atoms with Crippen molar-refractivity contribution in [3.8, 4) is 10.6 Å². The van der Waals surface area contributed by atoms with Gasteiger partial charge in [-0.3, -0.25) is 9.48 Å². The minimum atomic E-state index is -0.848. The first-order chi connectivity index (χ1) is 20.0. The van der Waals surface area contributed by atoms with Gasteiger partial charge in [-0.2, -0.15) is 5.10 Å². The molecule has 4 heterocycles. The summed E-state index contributed by atoms with van der Waals surface area (Å²) in [5, 5.41) is 11.5. The topological polar surface area (TPSA) is 128 Å². The van der Waals surface area contributed by atoms with Gasteiger partial charge < -0.3 is 20.1 Å². The van der Waals surface area contributed by atoms with Gasteiger partial charge in [-0.15, -0.1) is 11.3 Å². The second kappa shape index (κ2) is 11.1. The fraction of sp³-hybridized carbons (Fsp3) is 0.567. The number of anilines is 1. The number of imide groups is 1. The van der Waals surface area contributed by atoms with E-state index in [2.05, 4.69) is 20.7 Å². The molecule has 3 aromatic rings. The fourth-order valence-corrected chi connectivity index (χ4v) is 6.65. The zero-order chi connectivity index (χ0) is 31.4. The van der Waals surface area contributed by atoms with Crippen LogP contribution in [0.4, 0.5) is 19.8 Å². The molecule has 2 aliphatic rings. The summed E-state index contributed by atoms with van der Waals surface area (Å²) in [5.74, 6) is -1.41. The van der Waals surface area contributed by atoms with E-state index in [9.17, 15) is 14.4 Å². The molecule has 1 fully saturated rings. The second-order valence-electron chi connectivity index (χ2n) is 13.2. The minimum Gasteiger partial charge on any atom is -0.444 e. The first kappa shape index (κ1) is 30.7. The number of thiophene rings is 1. The van der Waals surface area contributed by atoms with Crippen LogP contribution in [0.1, 0.15) is 88.8 Å². The highest BCUT2D eigenvalue weighted by molar-refractivity contribution is 7.22. The van der Waals surface area contributed by atoms with Gasteiger partial charge in [0.2, 0.25) is 0 Å². The van der Waals surface area contributed by atoms with Crippen molar-refractivity contribution in [1.29, 1.82) is 0 Å². The maximum Gasteiger partial charge on any atom is 0.417 e. The summed E-state index contributed by atoms with van der Waals surface area (Å²) in [4.78, 5) is 46.4. The van der Waals surface area contributed by atoms with Crippen LogP contribution in [0.15, 0.2) is 6.07 Å². The molecule has 0 saturated heterocycles.